The molecular weight excluding hydrogens is 422 g/mol. The van der Waals surface area contributed by atoms with Gasteiger partial charge in [0, 0.05) is 18.5 Å². The van der Waals surface area contributed by atoms with Crippen molar-refractivity contribution in [1.82, 2.24) is 9.62 Å². The maximum absolute atomic E-state index is 13.6. The van der Waals surface area contributed by atoms with Crippen LogP contribution in [0.25, 0.3) is 0 Å². The molecule has 3 atom stereocenters. The predicted molar refractivity (Wildman–Crippen MR) is 120 cm³/mol. The number of unbranched alkanes of at least 4 members (excludes halogenated alkanes) is 1. The highest BCUT2D eigenvalue weighted by Crippen LogP contribution is 2.52. The fourth-order valence-electron chi connectivity index (χ4n) is 3.83. The first-order valence-corrected chi connectivity index (χ1v) is 12.3. The molecule has 1 aromatic carbocycles. The van der Waals surface area contributed by atoms with Crippen LogP contribution in [-0.4, -0.2) is 44.1 Å². The van der Waals surface area contributed by atoms with Crippen molar-refractivity contribution in [1.29, 1.82) is 0 Å². The minimum Gasteiger partial charge on any atom is -0.273 e. The zero-order valence-corrected chi connectivity index (χ0v) is 19.5. The monoisotopic (exact) mass is 453 g/mol. The van der Waals surface area contributed by atoms with E-state index in [1.165, 1.54) is 11.3 Å². The number of nitrogens with zero attached hydrogens (tertiary/aromatic N) is 2. The second kappa shape index (κ2) is 11.6. The lowest BCUT2D eigenvalue weighted by molar-refractivity contribution is -0.130. The normalized spacial score (nSPS) is 21.0. The summed E-state index contributed by atoms with van der Waals surface area (Å²) in [7, 11) is -0.985. The first kappa shape index (κ1) is 24.6. The first-order chi connectivity index (χ1) is 14.4. The van der Waals surface area contributed by atoms with Crippen molar-refractivity contribution in [2.45, 2.75) is 63.8 Å². The molecule has 2 amide bonds. The maximum Gasteiger partial charge on any atom is 0.311 e. The minimum absolute atomic E-state index is 0.282. The molecule has 0 spiro atoms. The van der Waals surface area contributed by atoms with Crippen LogP contribution in [0.4, 0.5) is 4.79 Å². The molecule has 9 heteroatoms. The molecule has 0 saturated heterocycles. The molecule has 1 aromatic rings. The van der Waals surface area contributed by atoms with Crippen molar-refractivity contribution in [3.63, 3.8) is 0 Å². The number of rotatable bonds is 11. The molecule has 1 saturated carbocycles. The van der Waals surface area contributed by atoms with Crippen LogP contribution in [-0.2, 0) is 20.7 Å². The zero-order chi connectivity index (χ0) is 22.1. The molecule has 0 bridgehead atoms. The van der Waals surface area contributed by atoms with Gasteiger partial charge in [-0.25, -0.2) is 0 Å². The largest absolute Gasteiger partial charge is 0.311 e. The van der Waals surface area contributed by atoms with Gasteiger partial charge in [-0.2, -0.15) is 12.8 Å². The molecule has 0 radical (unpaired) electrons. The molecule has 0 aromatic heterocycles. The summed E-state index contributed by atoms with van der Waals surface area (Å²) in [6, 6.07) is 8.35. The molecule has 3 unspecified atom stereocenters. The van der Waals surface area contributed by atoms with Gasteiger partial charge in [-0.05, 0) is 37.8 Å². The minimum atomic E-state index is -2.61. The zero-order valence-electron chi connectivity index (χ0n) is 17.8. The van der Waals surface area contributed by atoms with E-state index in [9.17, 15) is 18.0 Å². The van der Waals surface area contributed by atoms with Crippen molar-refractivity contribution in [2.75, 3.05) is 13.6 Å². The van der Waals surface area contributed by atoms with Crippen LogP contribution in [0.15, 0.2) is 34.7 Å². The van der Waals surface area contributed by atoms with E-state index in [4.69, 9.17) is 0 Å². The van der Waals surface area contributed by atoms with Crippen molar-refractivity contribution in [3.05, 3.63) is 35.9 Å². The van der Waals surface area contributed by atoms with E-state index in [1.807, 2.05) is 6.07 Å². The van der Waals surface area contributed by atoms with Gasteiger partial charge in [-0.1, -0.05) is 63.4 Å². The Balaban J connectivity index is 2.23. The van der Waals surface area contributed by atoms with Crippen LogP contribution in [0.5, 0.6) is 0 Å². The van der Waals surface area contributed by atoms with Crippen LogP contribution in [0.3, 0.4) is 0 Å². The van der Waals surface area contributed by atoms with E-state index in [2.05, 4.69) is 22.9 Å². The molecule has 0 heterocycles. The second-order valence-corrected chi connectivity index (χ2v) is 9.40. The topological polar surface area (TPSA) is 95.9 Å². The Bertz CT molecular complexity index is 852. The summed E-state index contributed by atoms with van der Waals surface area (Å²) in [6.45, 7) is 4.66. The third-order valence-corrected chi connectivity index (χ3v) is 6.62. The van der Waals surface area contributed by atoms with Crippen LogP contribution in [0, 0.1) is 5.92 Å². The van der Waals surface area contributed by atoms with E-state index in [-0.39, 0.29) is 17.6 Å². The fraction of sp³-hybridized carbons (Fsp3) is 0.619. The number of hydrogen-bond acceptors (Lipinski definition) is 7. The lowest BCUT2D eigenvalue weighted by Gasteiger charge is -2.26. The van der Waals surface area contributed by atoms with Gasteiger partial charge in [-0.3, -0.25) is 19.2 Å². The summed E-state index contributed by atoms with van der Waals surface area (Å²) in [5.74, 6) is 0.158. The lowest BCUT2D eigenvalue weighted by atomic mass is 9.93. The summed E-state index contributed by atoms with van der Waals surface area (Å²) < 4.78 is 28.8. The van der Waals surface area contributed by atoms with Crippen molar-refractivity contribution in [2.24, 2.45) is 10.3 Å². The third-order valence-electron chi connectivity index (χ3n) is 5.59. The molecule has 166 valence electrons. The number of carbonyl (C=O) groups is 2. The van der Waals surface area contributed by atoms with Crippen molar-refractivity contribution >= 4 is 33.6 Å². The van der Waals surface area contributed by atoms with Gasteiger partial charge >= 0.3 is 15.7 Å². The molecule has 1 aliphatic carbocycles. The van der Waals surface area contributed by atoms with E-state index < -0.39 is 22.0 Å². The predicted octanol–water partition coefficient (Wildman–Crippen LogP) is 4.18. The van der Waals surface area contributed by atoms with Gasteiger partial charge in [-0.15, -0.1) is 0 Å². The molecule has 0 aliphatic heterocycles. The van der Waals surface area contributed by atoms with Gasteiger partial charge < -0.3 is 0 Å². The summed E-state index contributed by atoms with van der Waals surface area (Å²) in [6.07, 6.45) is 5.38. The average molecular weight is 454 g/mol. The van der Waals surface area contributed by atoms with E-state index in [0.29, 0.717) is 24.4 Å². The van der Waals surface area contributed by atoms with Crippen molar-refractivity contribution < 1.29 is 18.0 Å². The standard InChI is InChI=1S/C21H31N3O4S2/c1-4-5-10-16(2)11-9-14-24(20(26)29-22-3)19(25)21(15-18(21)23-30(27)28)17-12-7-6-8-13-17/h6-8,12-13,16,18,22H,4-5,9-11,14-15H2,1-3H3. The molecule has 2 rings (SSSR count). The smallest absolute Gasteiger partial charge is 0.273 e. The molecule has 1 aliphatic rings. The average Bonchev–Trinajstić information content (AvgIpc) is 3.44. The van der Waals surface area contributed by atoms with E-state index >= 15 is 0 Å². The molecule has 30 heavy (non-hydrogen) atoms. The maximum atomic E-state index is 13.6. The Kier molecular flexibility index (Phi) is 9.51. The van der Waals surface area contributed by atoms with Gasteiger partial charge in [0.25, 0.3) is 0 Å². The summed E-state index contributed by atoms with van der Waals surface area (Å²) in [5, 5.41) is -0.382. The molecule has 1 N–H and O–H groups in total. The van der Waals surface area contributed by atoms with Gasteiger partial charge in [0.2, 0.25) is 5.91 Å². The Hall–Kier alpha value is -1.71. The van der Waals surface area contributed by atoms with Gasteiger partial charge in [0.05, 0.1) is 6.04 Å². The first-order valence-electron chi connectivity index (χ1n) is 10.4. The third kappa shape index (κ3) is 6.15. The number of carbonyl (C=O) groups excluding carboxylic acids is 2. The van der Waals surface area contributed by atoms with Crippen LogP contribution in [0.1, 0.15) is 57.9 Å². The number of hydrogen-bond donors (Lipinski definition) is 1. The molecular formula is C21H31N3O4S2. The van der Waals surface area contributed by atoms with E-state index in [1.54, 1.807) is 31.3 Å². The summed E-state index contributed by atoms with van der Waals surface area (Å²) in [5.41, 5.74) is -0.406. The molecule has 1 fully saturated rings. The van der Waals surface area contributed by atoms with Crippen molar-refractivity contribution in [3.8, 4) is 0 Å². The Morgan fingerprint density at radius 3 is 2.53 bits per heavy atom. The SMILES string of the molecule is CCCCC(C)CCCN(C(=O)SNC)C(=O)C1(c2ccccc2)CC1N=S(=O)=O. The van der Waals surface area contributed by atoms with E-state index in [0.717, 1.165) is 31.2 Å². The number of benzene rings is 1. The Morgan fingerprint density at radius 2 is 1.93 bits per heavy atom. The number of amides is 2. The Labute approximate surface area is 184 Å². The van der Waals surface area contributed by atoms with Crippen LogP contribution < -0.4 is 4.72 Å². The van der Waals surface area contributed by atoms with Gasteiger partial charge in [0.1, 0.15) is 5.41 Å². The van der Waals surface area contributed by atoms with Crippen LogP contribution >= 0.6 is 11.9 Å². The lowest BCUT2D eigenvalue weighted by Crippen LogP contribution is -2.44. The van der Waals surface area contributed by atoms with Crippen LogP contribution in [0.2, 0.25) is 0 Å². The highest BCUT2D eigenvalue weighted by atomic mass is 32.2. The second-order valence-electron chi connectivity index (χ2n) is 7.80. The summed E-state index contributed by atoms with van der Waals surface area (Å²) in [4.78, 5) is 27.6. The number of imide groups is 1. The highest BCUT2D eigenvalue weighted by molar-refractivity contribution is 8.11. The molecule has 7 nitrogen and oxygen atoms in total. The fourth-order valence-corrected chi connectivity index (χ4v) is 4.75. The highest BCUT2D eigenvalue weighted by Gasteiger charge is 2.64. The number of nitrogens with one attached hydrogen (secondary N) is 1. The van der Waals surface area contributed by atoms with Gasteiger partial charge in [0.15, 0.2) is 0 Å². The Morgan fingerprint density at radius 1 is 1.27 bits per heavy atom. The quantitative estimate of drug-likeness (QED) is 0.505. The summed E-state index contributed by atoms with van der Waals surface area (Å²) >= 11 is 0.858.